The van der Waals surface area contributed by atoms with E-state index in [-0.39, 0.29) is 16.3 Å². The predicted molar refractivity (Wildman–Crippen MR) is 72.8 cm³/mol. The summed E-state index contributed by atoms with van der Waals surface area (Å²) in [6.07, 6.45) is 0. The van der Waals surface area contributed by atoms with E-state index < -0.39 is 15.8 Å². The molecule has 0 aliphatic heterocycles. The summed E-state index contributed by atoms with van der Waals surface area (Å²) in [5.41, 5.74) is 6.56. The zero-order chi connectivity index (χ0) is 14.0. The maximum atomic E-state index is 13.5. The second kappa shape index (κ2) is 4.89. The zero-order valence-corrected chi connectivity index (χ0v) is 11.0. The van der Waals surface area contributed by atoms with Crippen LogP contribution in [0.25, 0.3) is 0 Å². The van der Waals surface area contributed by atoms with Crippen molar-refractivity contribution >= 4 is 21.4 Å². The summed E-state index contributed by atoms with van der Waals surface area (Å²) in [5, 5.41) is 0. The third kappa shape index (κ3) is 3.03. The Kier molecular flexibility index (Phi) is 3.44. The van der Waals surface area contributed by atoms with Crippen LogP contribution in [0.1, 0.15) is 5.56 Å². The topological polar surface area (TPSA) is 72.2 Å². The molecule has 19 heavy (non-hydrogen) atoms. The van der Waals surface area contributed by atoms with Crippen molar-refractivity contribution < 1.29 is 12.8 Å². The molecule has 0 unspecified atom stereocenters. The van der Waals surface area contributed by atoms with Gasteiger partial charge in [-0.1, -0.05) is 17.7 Å². The molecule has 4 nitrogen and oxygen atoms in total. The largest absolute Gasteiger partial charge is 0.399 e. The Hall–Kier alpha value is -2.08. The van der Waals surface area contributed by atoms with Gasteiger partial charge in [0.2, 0.25) is 0 Å². The first kappa shape index (κ1) is 13.4. The highest BCUT2D eigenvalue weighted by Crippen LogP contribution is 2.21. The van der Waals surface area contributed by atoms with E-state index in [0.29, 0.717) is 0 Å². The molecule has 0 saturated carbocycles. The standard InChI is InChI=1S/C13H13FN2O2S/c1-9-2-5-11(6-3-9)19(17,18)16-13-8-10(15)4-7-12(13)14/h2-8,16H,15H2,1H3. The summed E-state index contributed by atoms with van der Waals surface area (Å²) in [4.78, 5) is 0.0694. The van der Waals surface area contributed by atoms with Crippen molar-refractivity contribution in [3.8, 4) is 0 Å². The van der Waals surface area contributed by atoms with Crippen molar-refractivity contribution in [2.45, 2.75) is 11.8 Å². The van der Waals surface area contributed by atoms with E-state index >= 15 is 0 Å². The lowest BCUT2D eigenvalue weighted by Gasteiger charge is -2.09. The molecule has 6 heteroatoms. The van der Waals surface area contributed by atoms with Crippen molar-refractivity contribution in [3.63, 3.8) is 0 Å². The molecule has 2 rings (SSSR count). The molecule has 2 aromatic carbocycles. The summed E-state index contributed by atoms with van der Waals surface area (Å²) in [6, 6.07) is 9.97. The van der Waals surface area contributed by atoms with Gasteiger partial charge in [-0.3, -0.25) is 4.72 Å². The summed E-state index contributed by atoms with van der Waals surface area (Å²) in [6.45, 7) is 1.85. The molecule has 0 radical (unpaired) electrons. The van der Waals surface area contributed by atoms with Gasteiger partial charge in [0.1, 0.15) is 5.82 Å². The monoisotopic (exact) mass is 280 g/mol. The lowest BCUT2D eigenvalue weighted by atomic mass is 10.2. The molecule has 0 heterocycles. The van der Waals surface area contributed by atoms with Crippen LogP contribution in [0.4, 0.5) is 15.8 Å². The van der Waals surface area contributed by atoms with E-state index in [0.717, 1.165) is 11.6 Å². The highest BCUT2D eigenvalue weighted by Gasteiger charge is 2.16. The van der Waals surface area contributed by atoms with Gasteiger partial charge in [-0.25, -0.2) is 12.8 Å². The number of hydrogen-bond acceptors (Lipinski definition) is 3. The molecular formula is C13H13FN2O2S. The van der Waals surface area contributed by atoms with Crippen molar-refractivity contribution in [1.29, 1.82) is 0 Å². The van der Waals surface area contributed by atoms with Crippen LogP contribution >= 0.6 is 0 Å². The minimum Gasteiger partial charge on any atom is -0.399 e. The average molecular weight is 280 g/mol. The third-order valence-corrected chi connectivity index (χ3v) is 3.95. The molecule has 0 atom stereocenters. The van der Waals surface area contributed by atoms with Gasteiger partial charge in [0.05, 0.1) is 10.6 Å². The van der Waals surface area contributed by atoms with Gasteiger partial charge in [-0.2, -0.15) is 0 Å². The summed E-state index contributed by atoms with van der Waals surface area (Å²) >= 11 is 0. The van der Waals surface area contributed by atoms with E-state index in [1.165, 1.54) is 24.3 Å². The number of benzene rings is 2. The number of anilines is 2. The average Bonchev–Trinajstić information content (AvgIpc) is 2.34. The van der Waals surface area contributed by atoms with E-state index in [1.807, 2.05) is 6.92 Å². The van der Waals surface area contributed by atoms with Gasteiger partial charge in [0.15, 0.2) is 0 Å². The van der Waals surface area contributed by atoms with Crippen molar-refractivity contribution in [1.82, 2.24) is 0 Å². The van der Waals surface area contributed by atoms with Crippen LogP contribution in [0.15, 0.2) is 47.4 Å². The normalized spacial score (nSPS) is 11.3. The molecule has 0 aliphatic carbocycles. The first-order valence-corrected chi connectivity index (χ1v) is 7.01. The maximum Gasteiger partial charge on any atom is 0.261 e. The second-order valence-electron chi connectivity index (χ2n) is 4.16. The lowest BCUT2D eigenvalue weighted by Crippen LogP contribution is -2.14. The van der Waals surface area contributed by atoms with Crippen LogP contribution in [-0.2, 0) is 10.0 Å². The zero-order valence-electron chi connectivity index (χ0n) is 10.2. The van der Waals surface area contributed by atoms with E-state index in [1.54, 1.807) is 12.1 Å². The fraction of sp³-hybridized carbons (Fsp3) is 0.0769. The first-order chi connectivity index (χ1) is 8.88. The molecule has 2 aromatic rings. The number of rotatable bonds is 3. The molecule has 0 aromatic heterocycles. The van der Waals surface area contributed by atoms with Crippen LogP contribution in [0.2, 0.25) is 0 Å². The van der Waals surface area contributed by atoms with Gasteiger partial charge in [-0.15, -0.1) is 0 Å². The Morgan fingerprint density at radius 3 is 2.37 bits per heavy atom. The SMILES string of the molecule is Cc1ccc(S(=O)(=O)Nc2cc(N)ccc2F)cc1. The molecule has 100 valence electrons. The number of hydrogen-bond donors (Lipinski definition) is 2. The summed E-state index contributed by atoms with van der Waals surface area (Å²) in [5.74, 6) is -0.676. The smallest absolute Gasteiger partial charge is 0.261 e. The second-order valence-corrected chi connectivity index (χ2v) is 5.84. The van der Waals surface area contributed by atoms with Crippen LogP contribution < -0.4 is 10.5 Å². The molecule has 0 fully saturated rings. The highest BCUT2D eigenvalue weighted by atomic mass is 32.2. The van der Waals surface area contributed by atoms with Crippen LogP contribution in [0, 0.1) is 12.7 Å². The van der Waals surface area contributed by atoms with E-state index in [2.05, 4.69) is 4.72 Å². The summed E-state index contributed by atoms with van der Waals surface area (Å²) in [7, 11) is -3.81. The predicted octanol–water partition coefficient (Wildman–Crippen LogP) is 2.52. The Morgan fingerprint density at radius 1 is 1.11 bits per heavy atom. The first-order valence-electron chi connectivity index (χ1n) is 5.53. The Labute approximate surface area is 111 Å². The molecule has 0 amide bonds. The van der Waals surface area contributed by atoms with E-state index in [9.17, 15) is 12.8 Å². The molecule has 0 aliphatic rings. The number of nitrogens with two attached hydrogens (primary N) is 1. The number of nitrogen functional groups attached to an aromatic ring is 1. The van der Waals surface area contributed by atoms with Gasteiger partial charge >= 0.3 is 0 Å². The van der Waals surface area contributed by atoms with Crippen molar-refractivity contribution in [2.75, 3.05) is 10.5 Å². The van der Waals surface area contributed by atoms with Gasteiger partial charge in [-0.05, 0) is 37.3 Å². The minimum absolute atomic E-state index is 0.0694. The quantitative estimate of drug-likeness (QED) is 0.848. The lowest BCUT2D eigenvalue weighted by molar-refractivity contribution is 0.598. The van der Waals surface area contributed by atoms with Crippen molar-refractivity contribution in [3.05, 3.63) is 53.8 Å². The maximum absolute atomic E-state index is 13.5. The molecule has 0 spiro atoms. The molecular weight excluding hydrogens is 267 g/mol. The number of halogens is 1. The number of aryl methyl sites for hydroxylation is 1. The fourth-order valence-electron chi connectivity index (χ4n) is 1.54. The van der Waals surface area contributed by atoms with Crippen LogP contribution in [0.5, 0.6) is 0 Å². The molecule has 3 N–H and O–H groups in total. The van der Waals surface area contributed by atoms with Gasteiger partial charge in [0, 0.05) is 5.69 Å². The Bertz CT molecular complexity index is 697. The number of nitrogens with one attached hydrogen (secondary N) is 1. The van der Waals surface area contributed by atoms with Crippen LogP contribution in [0.3, 0.4) is 0 Å². The van der Waals surface area contributed by atoms with Crippen molar-refractivity contribution in [2.24, 2.45) is 0 Å². The Morgan fingerprint density at radius 2 is 1.74 bits per heavy atom. The highest BCUT2D eigenvalue weighted by molar-refractivity contribution is 7.92. The molecule has 0 saturated heterocycles. The minimum atomic E-state index is -3.81. The van der Waals surface area contributed by atoms with Gasteiger partial charge in [0.25, 0.3) is 10.0 Å². The summed E-state index contributed by atoms with van der Waals surface area (Å²) < 4.78 is 39.8. The number of sulfonamides is 1. The molecule has 0 bridgehead atoms. The van der Waals surface area contributed by atoms with Crippen LogP contribution in [-0.4, -0.2) is 8.42 Å². The van der Waals surface area contributed by atoms with Gasteiger partial charge < -0.3 is 5.73 Å². The third-order valence-electron chi connectivity index (χ3n) is 2.57. The Balaban J connectivity index is 2.36. The van der Waals surface area contributed by atoms with E-state index in [4.69, 9.17) is 5.73 Å². The fourth-order valence-corrected chi connectivity index (χ4v) is 2.60.